The number of amides is 1. The minimum atomic E-state index is 0.116. The molecule has 1 aliphatic rings. The van der Waals surface area contributed by atoms with Crippen molar-refractivity contribution in [1.29, 1.82) is 0 Å². The lowest BCUT2D eigenvalue weighted by molar-refractivity contribution is -0.122. The summed E-state index contributed by atoms with van der Waals surface area (Å²) >= 11 is 0. The standard InChI is InChI=1S/C17H28N4O/c1-14-12-15(2)20-16(19-14)8-9-18-17(22)13-21-10-6-4-3-5-7-11-21/h12H,3-11,13H2,1-2H3,(H,18,22). The second-order valence-corrected chi connectivity index (χ2v) is 6.21. The van der Waals surface area contributed by atoms with Crippen LogP contribution in [0.3, 0.4) is 0 Å². The van der Waals surface area contributed by atoms with Crippen molar-refractivity contribution in [3.63, 3.8) is 0 Å². The minimum absolute atomic E-state index is 0.116. The number of nitrogens with zero attached hydrogens (tertiary/aromatic N) is 3. The first-order valence-electron chi connectivity index (χ1n) is 8.44. The van der Waals surface area contributed by atoms with Gasteiger partial charge in [0.25, 0.3) is 0 Å². The van der Waals surface area contributed by atoms with Crippen LogP contribution in [-0.2, 0) is 11.2 Å². The maximum Gasteiger partial charge on any atom is 0.234 e. The summed E-state index contributed by atoms with van der Waals surface area (Å²) in [4.78, 5) is 23.1. The van der Waals surface area contributed by atoms with Crippen molar-refractivity contribution in [2.75, 3.05) is 26.2 Å². The second kappa shape index (κ2) is 8.83. The summed E-state index contributed by atoms with van der Waals surface area (Å²) in [7, 11) is 0. The lowest BCUT2D eigenvalue weighted by atomic mass is 10.1. The van der Waals surface area contributed by atoms with E-state index in [2.05, 4.69) is 20.2 Å². The fourth-order valence-electron chi connectivity index (χ4n) is 2.95. The van der Waals surface area contributed by atoms with Crippen LogP contribution in [0.2, 0.25) is 0 Å². The van der Waals surface area contributed by atoms with E-state index < -0.39 is 0 Å². The Balaban J connectivity index is 1.70. The number of likely N-dealkylation sites (tertiary alicyclic amines) is 1. The van der Waals surface area contributed by atoms with Crippen LogP contribution in [0, 0.1) is 13.8 Å². The molecular formula is C17H28N4O. The normalized spacial score (nSPS) is 16.8. The van der Waals surface area contributed by atoms with Gasteiger partial charge in [-0.25, -0.2) is 9.97 Å². The third kappa shape index (κ3) is 6.10. The van der Waals surface area contributed by atoms with E-state index in [9.17, 15) is 4.79 Å². The molecule has 1 amide bonds. The minimum Gasteiger partial charge on any atom is -0.355 e. The SMILES string of the molecule is Cc1cc(C)nc(CCNC(=O)CN2CCCCCCC2)n1. The Bertz CT molecular complexity index is 461. The first-order chi connectivity index (χ1) is 10.6. The molecule has 0 saturated carbocycles. The summed E-state index contributed by atoms with van der Waals surface area (Å²) < 4.78 is 0. The van der Waals surface area contributed by atoms with Gasteiger partial charge in [0.1, 0.15) is 5.82 Å². The molecule has 22 heavy (non-hydrogen) atoms. The number of hydrogen-bond donors (Lipinski definition) is 1. The van der Waals surface area contributed by atoms with Crippen LogP contribution in [0.4, 0.5) is 0 Å². The lowest BCUT2D eigenvalue weighted by Gasteiger charge is -2.23. The molecule has 5 nitrogen and oxygen atoms in total. The van der Waals surface area contributed by atoms with Gasteiger partial charge in [0.05, 0.1) is 6.54 Å². The molecule has 0 aromatic carbocycles. The fraction of sp³-hybridized carbons (Fsp3) is 0.706. The van der Waals surface area contributed by atoms with E-state index in [1.807, 2.05) is 19.9 Å². The van der Waals surface area contributed by atoms with Gasteiger partial charge in [-0.1, -0.05) is 19.3 Å². The van der Waals surface area contributed by atoms with Crippen molar-refractivity contribution in [3.8, 4) is 0 Å². The van der Waals surface area contributed by atoms with Gasteiger partial charge in [-0.05, 0) is 45.8 Å². The van der Waals surface area contributed by atoms with Crippen molar-refractivity contribution < 1.29 is 4.79 Å². The van der Waals surface area contributed by atoms with Crippen molar-refractivity contribution in [2.24, 2.45) is 0 Å². The van der Waals surface area contributed by atoms with Gasteiger partial charge in [0.15, 0.2) is 0 Å². The third-order valence-electron chi connectivity index (χ3n) is 4.02. The topological polar surface area (TPSA) is 58.1 Å². The van der Waals surface area contributed by atoms with E-state index in [4.69, 9.17) is 0 Å². The highest BCUT2D eigenvalue weighted by molar-refractivity contribution is 5.77. The highest BCUT2D eigenvalue weighted by atomic mass is 16.2. The Morgan fingerprint density at radius 2 is 1.68 bits per heavy atom. The number of aromatic nitrogens is 2. The first kappa shape index (κ1) is 16.9. The summed E-state index contributed by atoms with van der Waals surface area (Å²) in [5.74, 6) is 0.925. The number of carbonyl (C=O) groups excluding carboxylic acids is 1. The number of aryl methyl sites for hydroxylation is 2. The Morgan fingerprint density at radius 1 is 1.09 bits per heavy atom. The van der Waals surface area contributed by atoms with Crippen molar-refractivity contribution in [3.05, 3.63) is 23.3 Å². The molecule has 2 heterocycles. The second-order valence-electron chi connectivity index (χ2n) is 6.21. The molecule has 0 spiro atoms. The average molecular weight is 304 g/mol. The van der Waals surface area contributed by atoms with Gasteiger partial charge in [0.2, 0.25) is 5.91 Å². The van der Waals surface area contributed by atoms with E-state index in [-0.39, 0.29) is 5.91 Å². The zero-order valence-electron chi connectivity index (χ0n) is 13.9. The van der Waals surface area contributed by atoms with Gasteiger partial charge >= 0.3 is 0 Å². The lowest BCUT2D eigenvalue weighted by Crippen LogP contribution is -2.39. The van der Waals surface area contributed by atoms with Crippen LogP contribution >= 0.6 is 0 Å². The van der Waals surface area contributed by atoms with E-state index in [0.29, 0.717) is 19.5 Å². The molecule has 0 radical (unpaired) electrons. The zero-order valence-corrected chi connectivity index (χ0v) is 13.9. The largest absolute Gasteiger partial charge is 0.355 e. The zero-order chi connectivity index (χ0) is 15.8. The monoisotopic (exact) mass is 304 g/mol. The van der Waals surface area contributed by atoms with Gasteiger partial charge < -0.3 is 5.32 Å². The molecule has 1 fully saturated rings. The molecule has 1 aliphatic heterocycles. The third-order valence-corrected chi connectivity index (χ3v) is 4.02. The molecule has 0 unspecified atom stereocenters. The molecule has 0 aliphatic carbocycles. The summed E-state index contributed by atoms with van der Waals surface area (Å²) in [6.07, 6.45) is 7.04. The molecule has 1 aromatic rings. The predicted octanol–water partition coefficient (Wildman–Crippen LogP) is 2.02. The summed E-state index contributed by atoms with van der Waals surface area (Å²) in [6.45, 7) is 7.17. The van der Waals surface area contributed by atoms with Crippen molar-refractivity contribution >= 4 is 5.91 Å². The molecule has 0 bridgehead atoms. The van der Waals surface area contributed by atoms with Crippen molar-refractivity contribution in [2.45, 2.75) is 52.4 Å². The molecule has 1 N–H and O–H groups in total. The molecule has 5 heteroatoms. The summed E-state index contributed by atoms with van der Waals surface area (Å²) in [5, 5.41) is 2.99. The number of carbonyl (C=O) groups is 1. The van der Waals surface area contributed by atoms with Crippen LogP contribution in [0.15, 0.2) is 6.07 Å². The van der Waals surface area contributed by atoms with Gasteiger partial charge in [0, 0.05) is 24.4 Å². The first-order valence-corrected chi connectivity index (χ1v) is 8.44. The highest BCUT2D eigenvalue weighted by Gasteiger charge is 2.12. The Hall–Kier alpha value is -1.49. The molecule has 1 saturated heterocycles. The maximum absolute atomic E-state index is 12.0. The number of nitrogens with one attached hydrogen (secondary N) is 1. The smallest absolute Gasteiger partial charge is 0.234 e. The van der Waals surface area contributed by atoms with Crippen LogP contribution in [0.1, 0.15) is 49.3 Å². The van der Waals surface area contributed by atoms with Gasteiger partial charge in [-0.3, -0.25) is 9.69 Å². The van der Waals surface area contributed by atoms with E-state index in [1.165, 1.54) is 32.1 Å². The summed E-state index contributed by atoms with van der Waals surface area (Å²) in [6, 6.07) is 1.96. The van der Waals surface area contributed by atoms with Gasteiger partial charge in [-0.15, -0.1) is 0 Å². The number of hydrogen-bond acceptors (Lipinski definition) is 4. The predicted molar refractivity (Wildman–Crippen MR) is 87.7 cm³/mol. The highest BCUT2D eigenvalue weighted by Crippen LogP contribution is 2.09. The molecule has 0 atom stereocenters. The van der Waals surface area contributed by atoms with Crippen molar-refractivity contribution in [1.82, 2.24) is 20.2 Å². The van der Waals surface area contributed by atoms with Gasteiger partial charge in [-0.2, -0.15) is 0 Å². The average Bonchev–Trinajstić information content (AvgIpc) is 2.40. The Labute approximate surface area is 133 Å². The Morgan fingerprint density at radius 3 is 2.32 bits per heavy atom. The quantitative estimate of drug-likeness (QED) is 0.904. The molecule has 122 valence electrons. The molecule has 2 rings (SSSR count). The van der Waals surface area contributed by atoms with Crippen LogP contribution in [0.25, 0.3) is 0 Å². The van der Waals surface area contributed by atoms with E-state index >= 15 is 0 Å². The summed E-state index contributed by atoms with van der Waals surface area (Å²) in [5.41, 5.74) is 1.96. The molecular weight excluding hydrogens is 276 g/mol. The van der Waals surface area contributed by atoms with E-state index in [0.717, 1.165) is 30.3 Å². The van der Waals surface area contributed by atoms with Crippen LogP contribution < -0.4 is 5.32 Å². The molecule has 1 aromatic heterocycles. The van der Waals surface area contributed by atoms with Crippen LogP contribution in [-0.4, -0.2) is 47.0 Å². The fourth-order valence-corrected chi connectivity index (χ4v) is 2.95. The maximum atomic E-state index is 12.0. The van der Waals surface area contributed by atoms with E-state index in [1.54, 1.807) is 0 Å². The number of rotatable bonds is 5. The Kier molecular flexibility index (Phi) is 6.77. The van der Waals surface area contributed by atoms with Crippen LogP contribution in [0.5, 0.6) is 0 Å².